The minimum absolute atomic E-state index is 0.174. The van der Waals surface area contributed by atoms with E-state index in [2.05, 4.69) is 0 Å². The highest BCUT2D eigenvalue weighted by Gasteiger charge is 2.54. The van der Waals surface area contributed by atoms with Gasteiger partial charge in [-0.25, -0.2) is 0 Å². The SMILES string of the molecule is CC1(C)O[C@H]2O[C@H](CON3C(=O)c4ccccc4C3=O)[C@@H](O)[C@H]2O1. The van der Waals surface area contributed by atoms with Gasteiger partial charge in [0.25, 0.3) is 11.8 Å². The van der Waals surface area contributed by atoms with E-state index in [4.69, 9.17) is 19.0 Å². The van der Waals surface area contributed by atoms with E-state index in [1.807, 2.05) is 0 Å². The average molecular weight is 335 g/mol. The molecule has 1 aromatic rings. The third kappa shape index (κ3) is 2.35. The molecule has 3 heterocycles. The second-order valence-electron chi connectivity index (χ2n) is 6.38. The molecule has 4 atom stereocenters. The second-order valence-corrected chi connectivity index (χ2v) is 6.38. The van der Waals surface area contributed by atoms with Crippen molar-refractivity contribution in [2.24, 2.45) is 0 Å². The second kappa shape index (κ2) is 5.33. The van der Waals surface area contributed by atoms with E-state index in [-0.39, 0.29) is 6.61 Å². The molecule has 2 amide bonds. The van der Waals surface area contributed by atoms with Crippen LogP contribution < -0.4 is 0 Å². The zero-order chi connectivity index (χ0) is 17.1. The molecule has 1 N–H and O–H groups in total. The lowest BCUT2D eigenvalue weighted by molar-refractivity contribution is -0.228. The van der Waals surface area contributed by atoms with Gasteiger partial charge in [0.15, 0.2) is 12.1 Å². The quantitative estimate of drug-likeness (QED) is 0.802. The molecule has 128 valence electrons. The lowest BCUT2D eigenvalue weighted by Gasteiger charge is -2.23. The summed E-state index contributed by atoms with van der Waals surface area (Å²) in [5.74, 6) is -1.89. The van der Waals surface area contributed by atoms with Crippen LogP contribution in [0.1, 0.15) is 34.6 Å². The Kier molecular flexibility index (Phi) is 3.48. The van der Waals surface area contributed by atoms with Crippen LogP contribution in [0.4, 0.5) is 0 Å². The molecule has 0 radical (unpaired) electrons. The molecule has 8 heteroatoms. The molecular weight excluding hydrogens is 318 g/mol. The number of imide groups is 1. The Bertz CT molecular complexity index is 668. The fraction of sp³-hybridized carbons (Fsp3) is 0.500. The van der Waals surface area contributed by atoms with Gasteiger partial charge in [0.05, 0.1) is 11.1 Å². The lowest BCUT2D eigenvalue weighted by Crippen LogP contribution is -2.40. The molecule has 2 saturated heterocycles. The first-order valence-electron chi connectivity index (χ1n) is 7.67. The van der Waals surface area contributed by atoms with Crippen LogP contribution in [0.25, 0.3) is 0 Å². The van der Waals surface area contributed by atoms with Gasteiger partial charge in [0.2, 0.25) is 0 Å². The molecule has 0 aromatic heterocycles. The average Bonchev–Trinajstić information content (AvgIpc) is 3.08. The summed E-state index contributed by atoms with van der Waals surface area (Å²) in [7, 11) is 0. The van der Waals surface area contributed by atoms with Crippen molar-refractivity contribution in [3.63, 3.8) is 0 Å². The largest absolute Gasteiger partial charge is 0.387 e. The van der Waals surface area contributed by atoms with Crippen molar-refractivity contribution in [1.82, 2.24) is 5.06 Å². The van der Waals surface area contributed by atoms with Crippen molar-refractivity contribution in [2.75, 3.05) is 6.61 Å². The summed E-state index contributed by atoms with van der Waals surface area (Å²) in [5.41, 5.74) is 0.585. The molecule has 0 saturated carbocycles. The van der Waals surface area contributed by atoms with E-state index in [1.54, 1.807) is 38.1 Å². The fourth-order valence-corrected chi connectivity index (χ4v) is 3.13. The molecule has 3 aliphatic heterocycles. The monoisotopic (exact) mass is 335 g/mol. The predicted octanol–water partition coefficient (Wildman–Crippen LogP) is 0.452. The summed E-state index contributed by atoms with van der Waals surface area (Å²) in [6, 6.07) is 6.48. The van der Waals surface area contributed by atoms with Gasteiger partial charge in [0, 0.05) is 0 Å². The van der Waals surface area contributed by atoms with Crippen LogP contribution in [0.5, 0.6) is 0 Å². The number of fused-ring (bicyclic) bond motifs is 2. The molecule has 0 unspecified atom stereocenters. The topological polar surface area (TPSA) is 94.5 Å². The number of ether oxygens (including phenoxy) is 3. The Hall–Kier alpha value is -1.84. The number of benzene rings is 1. The number of carbonyl (C=O) groups excluding carboxylic acids is 2. The van der Waals surface area contributed by atoms with E-state index in [9.17, 15) is 14.7 Å². The molecule has 0 bridgehead atoms. The number of aliphatic hydroxyl groups excluding tert-OH is 1. The number of hydroxylamine groups is 2. The van der Waals surface area contributed by atoms with Crippen LogP contribution in [0.3, 0.4) is 0 Å². The summed E-state index contributed by atoms with van der Waals surface area (Å²) >= 11 is 0. The van der Waals surface area contributed by atoms with Crippen molar-refractivity contribution in [3.05, 3.63) is 35.4 Å². The van der Waals surface area contributed by atoms with Gasteiger partial charge in [-0.15, -0.1) is 5.06 Å². The maximum Gasteiger partial charge on any atom is 0.285 e. The molecule has 0 aliphatic carbocycles. The summed E-state index contributed by atoms with van der Waals surface area (Å²) in [6.45, 7) is 3.28. The Balaban J connectivity index is 1.41. The number of hydrogen-bond acceptors (Lipinski definition) is 7. The van der Waals surface area contributed by atoms with Crippen LogP contribution in [0.2, 0.25) is 0 Å². The summed E-state index contributed by atoms with van der Waals surface area (Å²) in [6.07, 6.45) is -3.08. The number of amides is 2. The van der Waals surface area contributed by atoms with Crippen molar-refractivity contribution < 1.29 is 33.7 Å². The highest BCUT2D eigenvalue weighted by atomic mass is 16.8. The minimum atomic E-state index is -0.980. The highest BCUT2D eigenvalue weighted by Crippen LogP contribution is 2.37. The van der Waals surface area contributed by atoms with Crippen LogP contribution in [0, 0.1) is 0 Å². The first-order chi connectivity index (χ1) is 11.4. The van der Waals surface area contributed by atoms with E-state index in [1.165, 1.54) is 0 Å². The smallest absolute Gasteiger partial charge is 0.285 e. The van der Waals surface area contributed by atoms with Crippen LogP contribution in [0.15, 0.2) is 24.3 Å². The summed E-state index contributed by atoms with van der Waals surface area (Å²) in [5, 5.41) is 11.0. The first-order valence-corrected chi connectivity index (χ1v) is 7.67. The summed E-state index contributed by atoms with van der Waals surface area (Å²) in [4.78, 5) is 29.7. The van der Waals surface area contributed by atoms with Crippen LogP contribution in [-0.4, -0.2) is 59.0 Å². The van der Waals surface area contributed by atoms with E-state index < -0.39 is 42.2 Å². The first kappa shape index (κ1) is 15.7. The number of aliphatic hydroxyl groups is 1. The Morgan fingerprint density at radius 3 is 2.38 bits per heavy atom. The standard InChI is InChI=1S/C16H17NO7/c1-16(2)23-12-11(18)10(22-15(12)24-16)7-21-17-13(19)8-5-3-4-6-9(8)14(17)20/h3-6,10-12,15,18H,7H2,1-2H3/t10-,11-,12-,15-/m1/s1. The van der Waals surface area contributed by atoms with Crippen molar-refractivity contribution in [1.29, 1.82) is 0 Å². The lowest BCUT2D eigenvalue weighted by atomic mass is 10.1. The molecule has 0 spiro atoms. The van der Waals surface area contributed by atoms with Crippen molar-refractivity contribution in [2.45, 2.75) is 44.2 Å². The van der Waals surface area contributed by atoms with Crippen molar-refractivity contribution >= 4 is 11.8 Å². The number of rotatable bonds is 3. The Morgan fingerprint density at radius 1 is 1.17 bits per heavy atom. The minimum Gasteiger partial charge on any atom is -0.387 e. The predicted molar refractivity (Wildman–Crippen MR) is 77.6 cm³/mol. The molecule has 2 fully saturated rings. The van der Waals surface area contributed by atoms with Crippen LogP contribution in [-0.2, 0) is 19.0 Å². The zero-order valence-electron chi connectivity index (χ0n) is 13.2. The normalized spacial score (nSPS) is 33.9. The van der Waals surface area contributed by atoms with Crippen molar-refractivity contribution in [3.8, 4) is 0 Å². The maximum absolute atomic E-state index is 12.2. The molecule has 8 nitrogen and oxygen atoms in total. The van der Waals surface area contributed by atoms with Gasteiger partial charge in [-0.05, 0) is 26.0 Å². The van der Waals surface area contributed by atoms with Gasteiger partial charge in [-0.1, -0.05) is 12.1 Å². The zero-order valence-corrected chi connectivity index (χ0v) is 13.2. The molecule has 1 aromatic carbocycles. The maximum atomic E-state index is 12.2. The highest BCUT2D eigenvalue weighted by molar-refractivity contribution is 6.20. The van der Waals surface area contributed by atoms with Gasteiger partial charge in [0.1, 0.15) is 24.9 Å². The Labute approximate surface area is 137 Å². The third-order valence-corrected chi connectivity index (χ3v) is 4.24. The molecule has 3 aliphatic rings. The Morgan fingerprint density at radius 2 is 1.79 bits per heavy atom. The number of carbonyl (C=O) groups is 2. The van der Waals surface area contributed by atoms with Gasteiger partial charge >= 0.3 is 0 Å². The fourth-order valence-electron chi connectivity index (χ4n) is 3.13. The number of hydrogen-bond donors (Lipinski definition) is 1. The molecule has 24 heavy (non-hydrogen) atoms. The summed E-state index contributed by atoms with van der Waals surface area (Å²) < 4.78 is 16.7. The third-order valence-electron chi connectivity index (χ3n) is 4.24. The number of nitrogens with zero attached hydrogens (tertiary/aromatic N) is 1. The van der Waals surface area contributed by atoms with E-state index in [0.29, 0.717) is 16.2 Å². The molecule has 4 rings (SSSR count). The van der Waals surface area contributed by atoms with Gasteiger partial charge < -0.3 is 19.3 Å². The molecular formula is C16H17NO7. The van der Waals surface area contributed by atoms with Gasteiger partial charge in [-0.2, -0.15) is 0 Å². The van der Waals surface area contributed by atoms with E-state index >= 15 is 0 Å². The van der Waals surface area contributed by atoms with Crippen LogP contribution >= 0.6 is 0 Å². The van der Waals surface area contributed by atoms with Gasteiger partial charge in [-0.3, -0.25) is 14.4 Å². The van der Waals surface area contributed by atoms with E-state index in [0.717, 1.165) is 0 Å².